The predicted octanol–water partition coefficient (Wildman–Crippen LogP) is 3.32. The van der Waals surface area contributed by atoms with E-state index in [9.17, 15) is 13.2 Å². The first-order valence-corrected chi connectivity index (χ1v) is 12.8. The molecule has 1 unspecified atom stereocenters. The van der Waals surface area contributed by atoms with Crippen LogP contribution in [0.25, 0.3) is 0 Å². The minimum Gasteiger partial charge on any atom is -0.497 e. The molecule has 164 valence electrons. The first-order valence-electron chi connectivity index (χ1n) is 11.3. The Morgan fingerprint density at radius 1 is 1.10 bits per heavy atom. The summed E-state index contributed by atoms with van der Waals surface area (Å²) in [6.07, 6.45) is 9.16. The summed E-state index contributed by atoms with van der Waals surface area (Å²) in [5, 5.41) is 3.40. The third-order valence-corrected chi connectivity index (χ3v) is 9.82. The van der Waals surface area contributed by atoms with Gasteiger partial charge in [-0.1, -0.05) is 0 Å². The highest BCUT2D eigenvalue weighted by Gasteiger charge is 2.51. The molecule has 0 spiro atoms. The van der Waals surface area contributed by atoms with Crippen molar-refractivity contribution in [2.45, 2.75) is 74.3 Å². The molecule has 1 saturated heterocycles. The van der Waals surface area contributed by atoms with Crippen molar-refractivity contribution in [2.24, 2.45) is 17.8 Å². The van der Waals surface area contributed by atoms with E-state index in [1.54, 1.807) is 31.4 Å². The second kappa shape index (κ2) is 7.52. The molecule has 30 heavy (non-hydrogen) atoms. The summed E-state index contributed by atoms with van der Waals surface area (Å²) in [7, 11) is -2.06. The smallest absolute Gasteiger partial charge is 0.243 e. The highest BCUT2D eigenvalue weighted by atomic mass is 32.2. The molecule has 4 saturated carbocycles. The minimum absolute atomic E-state index is 0.0237. The molecule has 1 aromatic rings. The number of carbonyl (C=O) groups is 1. The molecule has 6 rings (SSSR count). The Labute approximate surface area is 179 Å². The zero-order valence-electron chi connectivity index (χ0n) is 17.7. The van der Waals surface area contributed by atoms with Gasteiger partial charge in [-0.15, -0.1) is 0 Å². The maximum Gasteiger partial charge on any atom is 0.243 e. The summed E-state index contributed by atoms with van der Waals surface area (Å²) in [4.78, 5) is 13.3. The molecule has 5 aliphatic rings. The Bertz CT molecular complexity index is 876. The van der Waals surface area contributed by atoms with Gasteiger partial charge in [0.25, 0.3) is 0 Å². The van der Waals surface area contributed by atoms with Gasteiger partial charge in [-0.05, 0) is 93.4 Å². The van der Waals surface area contributed by atoms with Crippen LogP contribution in [0.1, 0.15) is 57.8 Å². The van der Waals surface area contributed by atoms with Gasteiger partial charge in [0.1, 0.15) is 5.75 Å². The largest absolute Gasteiger partial charge is 0.497 e. The van der Waals surface area contributed by atoms with Crippen LogP contribution in [0.2, 0.25) is 0 Å². The molecule has 1 aromatic carbocycles. The van der Waals surface area contributed by atoms with Crippen molar-refractivity contribution in [3.63, 3.8) is 0 Å². The van der Waals surface area contributed by atoms with E-state index in [4.69, 9.17) is 4.74 Å². The Morgan fingerprint density at radius 2 is 1.70 bits per heavy atom. The lowest BCUT2D eigenvalue weighted by Gasteiger charge is -2.57. The van der Waals surface area contributed by atoms with Crippen molar-refractivity contribution >= 4 is 15.9 Å². The van der Waals surface area contributed by atoms with E-state index in [1.165, 1.54) is 23.6 Å². The van der Waals surface area contributed by atoms with Gasteiger partial charge in [-0.25, -0.2) is 8.42 Å². The summed E-state index contributed by atoms with van der Waals surface area (Å²) in [6, 6.07) is 6.24. The molecule has 1 atom stereocenters. The van der Waals surface area contributed by atoms with Gasteiger partial charge < -0.3 is 10.1 Å². The van der Waals surface area contributed by atoms with Crippen molar-refractivity contribution in [3.05, 3.63) is 24.3 Å². The number of hydrogen-bond donors (Lipinski definition) is 1. The molecular formula is C23H32N2O4S. The van der Waals surface area contributed by atoms with Crippen molar-refractivity contribution in [2.75, 3.05) is 13.7 Å². The summed E-state index contributed by atoms with van der Waals surface area (Å²) in [5.74, 6) is 2.97. The van der Waals surface area contributed by atoms with E-state index in [0.29, 0.717) is 12.3 Å². The number of carbonyl (C=O) groups excluding carboxylic acids is 1. The van der Waals surface area contributed by atoms with Crippen LogP contribution in [0.4, 0.5) is 0 Å². The van der Waals surface area contributed by atoms with E-state index in [1.807, 2.05) is 0 Å². The Kier molecular flexibility index (Phi) is 5.09. The molecule has 4 bridgehead atoms. The third kappa shape index (κ3) is 3.64. The fraction of sp³-hybridized carbons (Fsp3) is 0.696. The van der Waals surface area contributed by atoms with Crippen LogP contribution in [0.5, 0.6) is 5.75 Å². The normalized spacial score (nSPS) is 35.5. The average molecular weight is 433 g/mol. The summed E-state index contributed by atoms with van der Waals surface area (Å²) in [6.45, 7) is 0.476. The number of amides is 1. The van der Waals surface area contributed by atoms with E-state index in [0.717, 1.165) is 49.9 Å². The van der Waals surface area contributed by atoms with E-state index in [2.05, 4.69) is 5.32 Å². The summed E-state index contributed by atoms with van der Waals surface area (Å²) < 4.78 is 33.0. The maximum absolute atomic E-state index is 13.2. The predicted molar refractivity (Wildman–Crippen MR) is 114 cm³/mol. The average Bonchev–Trinajstić information content (AvgIpc) is 3.15. The lowest BCUT2D eigenvalue weighted by molar-refractivity contribution is -0.127. The number of nitrogens with zero attached hydrogens (tertiary/aromatic N) is 1. The van der Waals surface area contributed by atoms with Gasteiger partial charge in [0.15, 0.2) is 0 Å². The zero-order valence-corrected chi connectivity index (χ0v) is 18.5. The molecule has 0 aromatic heterocycles. The maximum atomic E-state index is 13.2. The van der Waals surface area contributed by atoms with Crippen LogP contribution >= 0.6 is 0 Å². The van der Waals surface area contributed by atoms with Gasteiger partial charge in [0.05, 0.1) is 12.0 Å². The highest BCUT2D eigenvalue weighted by molar-refractivity contribution is 7.89. The standard InChI is InChI=1S/C23H32N2O4S/c1-29-20-4-6-21(7-5-20)30(27,28)25-8-2-3-19(25)12-22(26)24-23-13-16-9-17(14-23)11-18(10-16)15-23/h4-7,16-19H,2-3,8-15H2,1H3,(H,24,26). The van der Waals surface area contributed by atoms with Gasteiger partial charge in [-0.2, -0.15) is 4.31 Å². The molecule has 1 amide bonds. The van der Waals surface area contributed by atoms with Gasteiger partial charge in [0.2, 0.25) is 15.9 Å². The van der Waals surface area contributed by atoms with Crippen LogP contribution in [0.15, 0.2) is 29.2 Å². The highest BCUT2D eigenvalue weighted by Crippen LogP contribution is 2.55. The van der Waals surface area contributed by atoms with E-state index < -0.39 is 10.0 Å². The van der Waals surface area contributed by atoms with E-state index in [-0.39, 0.29) is 28.8 Å². The Morgan fingerprint density at radius 3 is 2.27 bits per heavy atom. The first kappa shape index (κ1) is 20.3. The van der Waals surface area contributed by atoms with Gasteiger partial charge in [-0.3, -0.25) is 4.79 Å². The van der Waals surface area contributed by atoms with Crippen LogP contribution in [-0.4, -0.2) is 43.9 Å². The van der Waals surface area contributed by atoms with Crippen LogP contribution < -0.4 is 10.1 Å². The lowest BCUT2D eigenvalue weighted by Crippen LogP contribution is -2.60. The number of methoxy groups -OCH3 is 1. The molecule has 1 N–H and O–H groups in total. The number of rotatable bonds is 6. The minimum atomic E-state index is -3.61. The van der Waals surface area contributed by atoms with Gasteiger partial charge in [0, 0.05) is 24.5 Å². The fourth-order valence-electron chi connectivity index (χ4n) is 7.04. The monoisotopic (exact) mass is 432 g/mol. The number of nitrogens with one attached hydrogen (secondary N) is 1. The second-order valence-corrected chi connectivity index (χ2v) is 11.9. The Hall–Kier alpha value is -1.60. The quantitative estimate of drug-likeness (QED) is 0.748. The first-order chi connectivity index (χ1) is 14.4. The van der Waals surface area contributed by atoms with Crippen molar-refractivity contribution in [3.8, 4) is 5.75 Å². The van der Waals surface area contributed by atoms with E-state index >= 15 is 0 Å². The van der Waals surface area contributed by atoms with Crippen molar-refractivity contribution in [1.82, 2.24) is 9.62 Å². The molecule has 1 heterocycles. The summed E-state index contributed by atoms with van der Waals surface area (Å²) >= 11 is 0. The molecular weight excluding hydrogens is 400 g/mol. The SMILES string of the molecule is COc1ccc(S(=O)(=O)N2CCCC2CC(=O)NC23CC4CC(CC(C4)C2)C3)cc1. The van der Waals surface area contributed by atoms with Crippen LogP contribution in [0, 0.1) is 17.8 Å². The van der Waals surface area contributed by atoms with Crippen LogP contribution in [0.3, 0.4) is 0 Å². The molecule has 5 fully saturated rings. The molecule has 0 radical (unpaired) electrons. The lowest BCUT2D eigenvalue weighted by atomic mass is 9.53. The second-order valence-electron chi connectivity index (χ2n) is 10.0. The zero-order chi connectivity index (χ0) is 20.9. The topological polar surface area (TPSA) is 75.7 Å². The van der Waals surface area contributed by atoms with Gasteiger partial charge >= 0.3 is 0 Å². The molecule has 7 heteroatoms. The van der Waals surface area contributed by atoms with Crippen LogP contribution in [-0.2, 0) is 14.8 Å². The fourth-order valence-corrected chi connectivity index (χ4v) is 8.73. The molecule has 1 aliphatic heterocycles. The molecule has 6 nitrogen and oxygen atoms in total. The number of hydrogen-bond acceptors (Lipinski definition) is 4. The Balaban J connectivity index is 1.27. The van der Waals surface area contributed by atoms with Crippen molar-refractivity contribution in [1.29, 1.82) is 0 Å². The summed E-state index contributed by atoms with van der Waals surface area (Å²) in [5.41, 5.74) is -0.0237. The third-order valence-electron chi connectivity index (χ3n) is 7.85. The number of ether oxygens (including phenoxy) is 1. The number of sulfonamides is 1. The van der Waals surface area contributed by atoms with Crippen molar-refractivity contribution < 1.29 is 17.9 Å². The molecule has 4 aliphatic carbocycles. The number of benzene rings is 1.